The van der Waals surface area contributed by atoms with E-state index in [-0.39, 0.29) is 17.5 Å². The summed E-state index contributed by atoms with van der Waals surface area (Å²) in [5.74, 6) is -0.232. The molecule has 2 N–H and O–H groups in total. The molecule has 7 heteroatoms. The molecular formula is C12H12ClFN4O. The normalized spacial score (nSPS) is 11.6. The first-order valence-electron chi connectivity index (χ1n) is 5.45. The number of benzene rings is 1. The molecule has 0 atom stereocenters. The fourth-order valence-electron chi connectivity index (χ4n) is 1.41. The Balaban J connectivity index is 1.99. The van der Waals surface area contributed by atoms with Gasteiger partial charge in [-0.3, -0.25) is 4.68 Å². The molecule has 0 radical (unpaired) electrons. The van der Waals surface area contributed by atoms with Gasteiger partial charge in [0.1, 0.15) is 18.1 Å². The van der Waals surface area contributed by atoms with Crippen LogP contribution in [0.2, 0.25) is 5.02 Å². The molecule has 0 amide bonds. The van der Waals surface area contributed by atoms with E-state index in [0.29, 0.717) is 11.3 Å². The lowest BCUT2D eigenvalue weighted by Crippen LogP contribution is -2.15. The number of amidine groups is 1. The lowest BCUT2D eigenvalue weighted by atomic mass is 10.2. The van der Waals surface area contributed by atoms with Gasteiger partial charge in [0.15, 0.2) is 5.84 Å². The molecule has 100 valence electrons. The monoisotopic (exact) mass is 282 g/mol. The summed E-state index contributed by atoms with van der Waals surface area (Å²) in [6, 6.07) is 5.76. The van der Waals surface area contributed by atoms with Crippen LogP contribution in [0.3, 0.4) is 0 Å². The Labute approximate surface area is 114 Å². The summed E-state index contributed by atoms with van der Waals surface area (Å²) < 4.78 is 14.4. The van der Waals surface area contributed by atoms with Crippen molar-refractivity contribution in [3.63, 3.8) is 0 Å². The number of hydrogen-bond donors (Lipinski definition) is 1. The van der Waals surface area contributed by atoms with Crippen molar-refractivity contribution in [1.29, 1.82) is 0 Å². The van der Waals surface area contributed by atoms with Crippen LogP contribution in [0, 0.1) is 5.82 Å². The second-order valence-electron chi connectivity index (χ2n) is 3.86. The van der Waals surface area contributed by atoms with E-state index in [1.165, 1.54) is 18.2 Å². The molecule has 0 aliphatic heterocycles. The molecule has 2 rings (SSSR count). The van der Waals surface area contributed by atoms with E-state index >= 15 is 0 Å². The average molecular weight is 283 g/mol. The molecule has 0 aliphatic carbocycles. The Hall–Kier alpha value is -2.08. The largest absolute Gasteiger partial charge is 0.389 e. The van der Waals surface area contributed by atoms with Crippen molar-refractivity contribution in [1.82, 2.24) is 9.78 Å². The minimum Gasteiger partial charge on any atom is -0.389 e. The topological polar surface area (TPSA) is 65.4 Å². The maximum Gasteiger partial charge on any atom is 0.190 e. The van der Waals surface area contributed by atoms with E-state index in [1.807, 2.05) is 0 Å². The number of oxime groups is 1. The van der Waals surface area contributed by atoms with Gasteiger partial charge in [0.2, 0.25) is 0 Å². The van der Waals surface area contributed by atoms with E-state index in [9.17, 15) is 4.39 Å². The summed E-state index contributed by atoms with van der Waals surface area (Å²) in [5.41, 5.74) is 6.84. The molecule has 0 unspecified atom stereocenters. The molecule has 5 nitrogen and oxygen atoms in total. The molecule has 0 saturated heterocycles. The van der Waals surface area contributed by atoms with E-state index in [2.05, 4.69) is 10.3 Å². The Kier molecular flexibility index (Phi) is 4.01. The van der Waals surface area contributed by atoms with Crippen LogP contribution in [0.5, 0.6) is 0 Å². The maximum atomic E-state index is 12.8. The van der Waals surface area contributed by atoms with Gasteiger partial charge in [-0.2, -0.15) is 5.10 Å². The molecule has 0 bridgehead atoms. The van der Waals surface area contributed by atoms with Gasteiger partial charge in [0.25, 0.3) is 0 Å². The molecule has 2 aromatic rings. The number of rotatable bonds is 4. The van der Waals surface area contributed by atoms with Crippen molar-refractivity contribution in [2.45, 2.75) is 6.61 Å². The summed E-state index contributed by atoms with van der Waals surface area (Å²) in [6.07, 6.45) is 1.74. The SMILES string of the molecule is Cn1ccc(/C(N)=N/OCc2ccc(F)cc2Cl)n1. The van der Waals surface area contributed by atoms with Crippen molar-refractivity contribution < 1.29 is 9.23 Å². The quantitative estimate of drug-likeness (QED) is 0.530. The predicted molar refractivity (Wildman–Crippen MR) is 70.1 cm³/mol. The van der Waals surface area contributed by atoms with Crippen LogP contribution < -0.4 is 5.73 Å². The lowest BCUT2D eigenvalue weighted by molar-refractivity contribution is 0.130. The molecule has 0 saturated carbocycles. The number of hydrogen-bond acceptors (Lipinski definition) is 3. The van der Waals surface area contributed by atoms with Crippen LogP contribution in [0.25, 0.3) is 0 Å². The van der Waals surface area contributed by atoms with Crippen molar-refractivity contribution in [2.24, 2.45) is 17.9 Å². The molecule has 0 spiro atoms. The van der Waals surface area contributed by atoms with E-state index in [1.54, 1.807) is 24.0 Å². The highest BCUT2D eigenvalue weighted by molar-refractivity contribution is 6.31. The molecule has 0 aliphatic rings. The number of aromatic nitrogens is 2. The van der Waals surface area contributed by atoms with E-state index < -0.39 is 5.82 Å². The minimum atomic E-state index is -0.398. The third-order valence-corrected chi connectivity index (χ3v) is 2.73. The third-order valence-electron chi connectivity index (χ3n) is 2.37. The zero-order valence-electron chi connectivity index (χ0n) is 10.2. The number of nitrogens with zero attached hydrogens (tertiary/aromatic N) is 3. The summed E-state index contributed by atoms with van der Waals surface area (Å²) in [4.78, 5) is 5.07. The first kappa shape index (κ1) is 13.4. The summed E-state index contributed by atoms with van der Waals surface area (Å²) in [7, 11) is 1.77. The standard InChI is InChI=1S/C12H12ClFN4O/c1-18-5-4-11(16-18)12(15)17-19-7-8-2-3-9(14)6-10(8)13/h2-6H,7H2,1H3,(H2,15,17). The number of halogens is 2. The van der Waals surface area contributed by atoms with Crippen molar-refractivity contribution in [3.05, 3.63) is 52.6 Å². The highest BCUT2D eigenvalue weighted by Crippen LogP contribution is 2.18. The second kappa shape index (κ2) is 5.71. The summed E-state index contributed by atoms with van der Waals surface area (Å²) in [6.45, 7) is 0.104. The van der Waals surface area contributed by atoms with E-state index in [4.69, 9.17) is 22.2 Å². The molecule has 1 aromatic carbocycles. The molecule has 1 heterocycles. The van der Waals surface area contributed by atoms with Gasteiger partial charge in [-0.25, -0.2) is 4.39 Å². The van der Waals surface area contributed by atoms with Crippen LogP contribution in [-0.2, 0) is 18.5 Å². The molecule has 19 heavy (non-hydrogen) atoms. The van der Waals surface area contributed by atoms with Crippen LogP contribution in [0.4, 0.5) is 4.39 Å². The van der Waals surface area contributed by atoms with Crippen molar-refractivity contribution in [3.8, 4) is 0 Å². The smallest absolute Gasteiger partial charge is 0.190 e. The van der Waals surface area contributed by atoms with Crippen LogP contribution in [-0.4, -0.2) is 15.6 Å². The first-order chi connectivity index (χ1) is 9.06. The fourth-order valence-corrected chi connectivity index (χ4v) is 1.63. The van der Waals surface area contributed by atoms with Gasteiger partial charge in [-0.15, -0.1) is 0 Å². The van der Waals surface area contributed by atoms with Crippen LogP contribution in [0.1, 0.15) is 11.3 Å². The highest BCUT2D eigenvalue weighted by atomic mass is 35.5. The fraction of sp³-hybridized carbons (Fsp3) is 0.167. The Morgan fingerprint density at radius 2 is 2.32 bits per heavy atom. The second-order valence-corrected chi connectivity index (χ2v) is 4.27. The molecule has 0 fully saturated rings. The van der Waals surface area contributed by atoms with Gasteiger partial charge in [-0.05, 0) is 18.2 Å². The number of nitrogens with two attached hydrogens (primary N) is 1. The zero-order chi connectivity index (χ0) is 13.8. The van der Waals surface area contributed by atoms with Crippen LogP contribution in [0.15, 0.2) is 35.6 Å². The predicted octanol–water partition coefficient (Wildman–Crippen LogP) is 2.05. The highest BCUT2D eigenvalue weighted by Gasteiger charge is 2.04. The molecular weight excluding hydrogens is 271 g/mol. The maximum absolute atomic E-state index is 12.8. The third kappa shape index (κ3) is 3.45. The van der Waals surface area contributed by atoms with Gasteiger partial charge < -0.3 is 10.6 Å². The van der Waals surface area contributed by atoms with Gasteiger partial charge in [-0.1, -0.05) is 22.8 Å². The van der Waals surface area contributed by atoms with Gasteiger partial charge in [0.05, 0.1) is 5.02 Å². The average Bonchev–Trinajstić information content (AvgIpc) is 2.78. The minimum absolute atomic E-state index is 0.104. The zero-order valence-corrected chi connectivity index (χ0v) is 10.9. The molecule has 1 aromatic heterocycles. The Morgan fingerprint density at radius 1 is 1.53 bits per heavy atom. The summed E-state index contributed by atoms with van der Waals surface area (Å²) in [5, 5.41) is 8.09. The Bertz CT molecular complexity index is 612. The van der Waals surface area contributed by atoms with Crippen LogP contribution >= 0.6 is 11.6 Å². The van der Waals surface area contributed by atoms with Gasteiger partial charge in [0, 0.05) is 18.8 Å². The number of aryl methyl sites for hydroxylation is 1. The van der Waals surface area contributed by atoms with E-state index in [0.717, 1.165) is 0 Å². The summed E-state index contributed by atoms with van der Waals surface area (Å²) >= 11 is 5.85. The van der Waals surface area contributed by atoms with Crippen molar-refractivity contribution in [2.75, 3.05) is 0 Å². The van der Waals surface area contributed by atoms with Crippen molar-refractivity contribution >= 4 is 17.4 Å². The lowest BCUT2D eigenvalue weighted by Gasteiger charge is -2.03. The van der Waals surface area contributed by atoms with Gasteiger partial charge >= 0.3 is 0 Å². The Morgan fingerprint density at radius 3 is 2.95 bits per heavy atom. The first-order valence-corrected chi connectivity index (χ1v) is 5.83.